The third-order valence-electron chi connectivity index (χ3n) is 8.55. The van der Waals surface area contributed by atoms with Gasteiger partial charge in [0.1, 0.15) is 11.6 Å². The molecule has 2 N–H and O–H groups in total. The van der Waals surface area contributed by atoms with E-state index in [-0.39, 0.29) is 18.5 Å². The second kappa shape index (κ2) is 15.0. The molecule has 1 unspecified atom stereocenters. The number of likely N-dealkylation sites (tertiary alicyclic amines) is 1. The molecule has 1 aliphatic rings. The maximum Gasteiger partial charge on any atom is 0.251 e. The molecule has 2 aromatic rings. The predicted octanol–water partition coefficient (Wildman–Crippen LogP) is 3.74. The van der Waals surface area contributed by atoms with E-state index in [1.807, 2.05) is 31.9 Å². The minimum absolute atomic E-state index is 0.0373. The molecular formula is C33H49N7O3. The van der Waals surface area contributed by atoms with Crippen LogP contribution in [0.1, 0.15) is 59.9 Å². The molecule has 0 spiro atoms. The zero-order valence-corrected chi connectivity index (χ0v) is 27.3. The standard InChI is InChI=1S/C33H49N7O3/c1-11-38(9)32(35-6)25-17-28-18-29(33(42)36-19-26(21-41)30(43-10)16-22(2)34-5)23(3)31(40(28)20-25)24(4)39-14-12-27(13-15-39)37(7)8/h11,16-18,20-21,24,27,34H,1,12-15,19H2,2-10H3,(H,36,42)/b22-16-,30-26+,35-32?. The second-order valence-corrected chi connectivity index (χ2v) is 11.3. The van der Waals surface area contributed by atoms with Crippen molar-refractivity contribution in [2.24, 2.45) is 4.99 Å². The van der Waals surface area contributed by atoms with Gasteiger partial charge >= 0.3 is 0 Å². The Kier molecular flexibility index (Phi) is 11.7. The summed E-state index contributed by atoms with van der Waals surface area (Å²) in [6, 6.07) is 4.61. The molecule has 10 heteroatoms. The summed E-state index contributed by atoms with van der Waals surface area (Å²) in [6.07, 6.45) is 8.48. The molecule has 0 saturated carbocycles. The van der Waals surface area contributed by atoms with Crippen LogP contribution in [-0.2, 0) is 9.53 Å². The highest BCUT2D eigenvalue weighted by Gasteiger charge is 2.29. The highest BCUT2D eigenvalue weighted by molar-refractivity contribution is 6.01. The number of hydrogen-bond acceptors (Lipinski definition) is 7. The number of amides is 1. The summed E-state index contributed by atoms with van der Waals surface area (Å²) in [5, 5.41) is 5.98. The number of pyridine rings is 1. The van der Waals surface area contributed by atoms with Crippen LogP contribution in [0.5, 0.6) is 0 Å². The van der Waals surface area contributed by atoms with Gasteiger partial charge in [-0.15, -0.1) is 0 Å². The van der Waals surface area contributed by atoms with Crippen molar-refractivity contribution in [3.8, 4) is 0 Å². The Hall–Kier alpha value is -3.89. The largest absolute Gasteiger partial charge is 0.496 e. The van der Waals surface area contributed by atoms with Gasteiger partial charge in [-0.1, -0.05) is 6.58 Å². The Balaban J connectivity index is 2.08. The number of rotatable bonds is 12. The summed E-state index contributed by atoms with van der Waals surface area (Å²) in [5.41, 5.74) is 5.54. The molecule has 10 nitrogen and oxygen atoms in total. The maximum atomic E-state index is 13.7. The van der Waals surface area contributed by atoms with Crippen LogP contribution >= 0.6 is 0 Å². The molecule has 1 saturated heterocycles. The Morgan fingerprint density at radius 3 is 2.47 bits per heavy atom. The van der Waals surface area contributed by atoms with Gasteiger partial charge in [0.2, 0.25) is 0 Å². The monoisotopic (exact) mass is 591 g/mol. The van der Waals surface area contributed by atoms with E-state index in [1.54, 1.807) is 26.4 Å². The molecule has 0 aromatic carbocycles. The van der Waals surface area contributed by atoms with E-state index >= 15 is 0 Å². The van der Waals surface area contributed by atoms with Crippen LogP contribution in [0.15, 0.2) is 59.2 Å². The molecule has 0 radical (unpaired) electrons. The maximum absolute atomic E-state index is 13.7. The van der Waals surface area contributed by atoms with Crippen LogP contribution in [0.3, 0.4) is 0 Å². The number of ether oxygens (including phenoxy) is 1. The van der Waals surface area contributed by atoms with Crippen molar-refractivity contribution in [1.82, 2.24) is 29.7 Å². The van der Waals surface area contributed by atoms with E-state index in [9.17, 15) is 9.59 Å². The molecule has 234 valence electrons. The number of piperidine rings is 1. The fourth-order valence-electron chi connectivity index (χ4n) is 5.80. The first-order valence-corrected chi connectivity index (χ1v) is 14.8. The Bertz CT molecular complexity index is 1410. The minimum atomic E-state index is -0.251. The van der Waals surface area contributed by atoms with Crippen molar-refractivity contribution < 1.29 is 14.3 Å². The SMILES string of the molecule is C=CN(C)C(=NC)c1cc2cc(C(=O)NC/C(C=O)=C(/C=C(/C)NC)OC)c(C)c(C(C)N3CCC(N(C)C)CC3)n2c1. The van der Waals surface area contributed by atoms with E-state index in [1.165, 1.54) is 7.11 Å². The van der Waals surface area contributed by atoms with Crippen LogP contribution in [0.4, 0.5) is 0 Å². The first-order chi connectivity index (χ1) is 20.5. The van der Waals surface area contributed by atoms with Gasteiger partial charge in [-0.2, -0.15) is 0 Å². The number of fused-ring (bicyclic) bond motifs is 1. The first-order valence-electron chi connectivity index (χ1n) is 14.8. The summed E-state index contributed by atoms with van der Waals surface area (Å²) in [7, 11) is 11.3. The molecule has 0 bridgehead atoms. The fourth-order valence-corrected chi connectivity index (χ4v) is 5.80. The number of amidine groups is 1. The van der Waals surface area contributed by atoms with Gasteiger partial charge in [0.25, 0.3) is 5.91 Å². The summed E-state index contributed by atoms with van der Waals surface area (Å²) < 4.78 is 7.64. The lowest BCUT2D eigenvalue weighted by Crippen LogP contribution is -2.43. The molecule has 2 aromatic heterocycles. The quantitative estimate of drug-likeness (QED) is 0.0970. The average Bonchev–Trinajstić information content (AvgIpc) is 3.42. The lowest BCUT2D eigenvalue weighted by molar-refractivity contribution is -0.105. The van der Waals surface area contributed by atoms with Gasteiger partial charge in [-0.25, -0.2) is 0 Å². The van der Waals surface area contributed by atoms with Gasteiger partial charge in [0, 0.05) is 87.1 Å². The second-order valence-electron chi connectivity index (χ2n) is 11.3. The number of nitrogens with zero attached hydrogens (tertiary/aromatic N) is 5. The Morgan fingerprint density at radius 2 is 1.93 bits per heavy atom. The number of nitrogens with one attached hydrogen (secondary N) is 2. The topological polar surface area (TPSA) is 93.9 Å². The zero-order valence-electron chi connectivity index (χ0n) is 27.3. The first kappa shape index (κ1) is 33.6. The number of methoxy groups -OCH3 is 1. The van der Waals surface area contributed by atoms with Crippen LogP contribution in [0, 0.1) is 6.92 Å². The van der Waals surface area contributed by atoms with Crippen molar-refractivity contribution in [2.45, 2.75) is 45.7 Å². The van der Waals surface area contributed by atoms with Gasteiger partial charge in [0.15, 0.2) is 6.29 Å². The van der Waals surface area contributed by atoms with E-state index in [2.05, 4.69) is 69.7 Å². The smallest absolute Gasteiger partial charge is 0.251 e. The van der Waals surface area contributed by atoms with Crippen molar-refractivity contribution in [3.63, 3.8) is 0 Å². The van der Waals surface area contributed by atoms with Gasteiger partial charge in [0.05, 0.1) is 12.7 Å². The average molecular weight is 592 g/mol. The van der Waals surface area contributed by atoms with E-state index < -0.39 is 0 Å². The number of aliphatic imine (C=N–C) groups is 1. The highest BCUT2D eigenvalue weighted by Crippen LogP contribution is 2.31. The predicted molar refractivity (Wildman–Crippen MR) is 175 cm³/mol. The molecular weight excluding hydrogens is 542 g/mol. The van der Waals surface area contributed by atoms with Crippen LogP contribution in [0.2, 0.25) is 0 Å². The summed E-state index contributed by atoms with van der Waals surface area (Å²) in [4.78, 5) is 36.9. The van der Waals surface area contributed by atoms with Crippen molar-refractivity contribution in [2.75, 3.05) is 62.0 Å². The molecule has 3 rings (SSSR count). The number of hydrogen-bond donors (Lipinski definition) is 2. The summed E-state index contributed by atoms with van der Waals surface area (Å²) >= 11 is 0. The van der Waals surface area contributed by atoms with Gasteiger partial charge in [-0.05, 0) is 77.7 Å². The fraction of sp³-hybridized carbons (Fsp3) is 0.485. The molecule has 1 atom stereocenters. The molecule has 1 amide bonds. The van der Waals surface area contributed by atoms with Crippen molar-refractivity contribution in [3.05, 3.63) is 76.6 Å². The third-order valence-corrected chi connectivity index (χ3v) is 8.55. The number of aldehydes is 1. The highest BCUT2D eigenvalue weighted by atomic mass is 16.5. The molecule has 0 aliphatic carbocycles. The lowest BCUT2D eigenvalue weighted by Gasteiger charge is -2.39. The Labute approximate surface area is 256 Å². The van der Waals surface area contributed by atoms with Gasteiger partial charge in [-0.3, -0.25) is 19.5 Å². The zero-order chi connectivity index (χ0) is 31.8. The number of carbonyl (C=O) groups excluding carboxylic acids is 2. The van der Waals surface area contributed by atoms with Gasteiger partial charge < -0.3 is 29.6 Å². The van der Waals surface area contributed by atoms with Crippen LogP contribution in [-0.4, -0.2) is 105 Å². The van der Waals surface area contributed by atoms with Crippen molar-refractivity contribution in [1.29, 1.82) is 0 Å². The van der Waals surface area contributed by atoms with E-state index in [4.69, 9.17) is 4.74 Å². The number of allylic oxidation sites excluding steroid dienone is 2. The molecule has 1 fully saturated rings. The number of aromatic nitrogens is 1. The third kappa shape index (κ3) is 7.55. The number of carbonyl (C=O) groups is 2. The Morgan fingerprint density at radius 1 is 1.26 bits per heavy atom. The molecule has 1 aliphatic heterocycles. The lowest BCUT2D eigenvalue weighted by atomic mass is 9.97. The minimum Gasteiger partial charge on any atom is -0.496 e. The molecule has 43 heavy (non-hydrogen) atoms. The summed E-state index contributed by atoms with van der Waals surface area (Å²) in [6.45, 7) is 12.0. The van der Waals surface area contributed by atoms with Crippen LogP contribution < -0.4 is 10.6 Å². The molecule has 3 heterocycles. The van der Waals surface area contributed by atoms with E-state index in [0.29, 0.717) is 22.9 Å². The van der Waals surface area contributed by atoms with E-state index in [0.717, 1.165) is 66.1 Å². The van der Waals surface area contributed by atoms with Crippen LogP contribution in [0.25, 0.3) is 5.52 Å². The summed E-state index contributed by atoms with van der Waals surface area (Å²) in [5.74, 6) is 0.934. The van der Waals surface area contributed by atoms with Crippen molar-refractivity contribution >= 4 is 23.5 Å². The normalized spacial score (nSPS) is 16.6.